The number of ether oxygens (including phenoxy) is 1. The van der Waals surface area contributed by atoms with E-state index in [-0.39, 0.29) is 24.0 Å². The number of carbonyl (C=O) groups is 2. The molecule has 0 saturated heterocycles. The molecule has 0 aliphatic heterocycles. The number of carbonyl (C=O) groups excluding carboxylic acids is 2. The van der Waals surface area contributed by atoms with Gasteiger partial charge in [-0.3, -0.25) is 9.59 Å². The summed E-state index contributed by atoms with van der Waals surface area (Å²) < 4.78 is 7.28. The number of benzene rings is 3. The van der Waals surface area contributed by atoms with Crippen molar-refractivity contribution in [2.75, 3.05) is 23.0 Å². The Morgan fingerprint density at radius 1 is 0.914 bits per heavy atom. The van der Waals surface area contributed by atoms with Crippen LogP contribution in [0, 0.1) is 0 Å². The maximum Gasteiger partial charge on any atom is 0.234 e. The van der Waals surface area contributed by atoms with Crippen LogP contribution < -0.4 is 15.4 Å². The van der Waals surface area contributed by atoms with Crippen molar-refractivity contribution in [3.8, 4) is 5.75 Å². The summed E-state index contributed by atoms with van der Waals surface area (Å²) in [7, 11) is 0. The molecule has 35 heavy (non-hydrogen) atoms. The van der Waals surface area contributed by atoms with E-state index in [4.69, 9.17) is 4.74 Å². The lowest BCUT2D eigenvalue weighted by Crippen LogP contribution is -2.18. The third-order valence-electron chi connectivity index (χ3n) is 5.27. The molecule has 3 aromatic carbocycles. The molecule has 0 aliphatic carbocycles. The van der Waals surface area contributed by atoms with Gasteiger partial charge in [-0.05, 0) is 49.6 Å². The molecular formula is C26H27N5O3S. The highest BCUT2D eigenvalue weighted by molar-refractivity contribution is 7.99. The Labute approximate surface area is 208 Å². The zero-order valence-electron chi connectivity index (χ0n) is 19.7. The van der Waals surface area contributed by atoms with Crippen molar-refractivity contribution >= 4 is 45.7 Å². The molecule has 4 rings (SSSR count). The molecule has 2 N–H and O–H groups in total. The van der Waals surface area contributed by atoms with Crippen LogP contribution in [0.3, 0.4) is 0 Å². The first-order chi connectivity index (χ1) is 17.1. The number of fused-ring (bicyclic) bond motifs is 1. The van der Waals surface area contributed by atoms with E-state index in [9.17, 15) is 9.59 Å². The van der Waals surface area contributed by atoms with Gasteiger partial charge in [0.25, 0.3) is 0 Å². The lowest BCUT2D eigenvalue weighted by molar-refractivity contribution is -0.116. The highest BCUT2D eigenvalue weighted by atomic mass is 32.2. The van der Waals surface area contributed by atoms with E-state index in [2.05, 4.69) is 20.8 Å². The second kappa shape index (κ2) is 11.5. The summed E-state index contributed by atoms with van der Waals surface area (Å²) in [4.78, 5) is 25.2. The molecule has 4 aromatic rings. The van der Waals surface area contributed by atoms with Gasteiger partial charge in [-0.2, -0.15) is 0 Å². The molecule has 2 amide bonds. The molecule has 1 aromatic heterocycles. The molecule has 8 nitrogen and oxygen atoms in total. The Hall–Kier alpha value is -3.85. The van der Waals surface area contributed by atoms with Gasteiger partial charge < -0.3 is 19.9 Å². The second-order valence-electron chi connectivity index (χ2n) is 7.69. The normalized spacial score (nSPS) is 10.8. The molecule has 0 aliphatic rings. The third-order valence-corrected chi connectivity index (χ3v) is 6.24. The Bertz CT molecular complexity index is 1320. The number of thioether (sulfide) groups is 1. The summed E-state index contributed by atoms with van der Waals surface area (Å²) >= 11 is 1.29. The van der Waals surface area contributed by atoms with E-state index >= 15 is 0 Å². The van der Waals surface area contributed by atoms with Gasteiger partial charge in [0.1, 0.15) is 11.6 Å². The summed E-state index contributed by atoms with van der Waals surface area (Å²) in [5, 5.41) is 16.9. The van der Waals surface area contributed by atoms with Crippen molar-refractivity contribution in [3.05, 3.63) is 72.6 Å². The van der Waals surface area contributed by atoms with Gasteiger partial charge in [0, 0.05) is 23.3 Å². The van der Waals surface area contributed by atoms with E-state index in [1.165, 1.54) is 11.8 Å². The topological polar surface area (TPSA) is 98.1 Å². The summed E-state index contributed by atoms with van der Waals surface area (Å²) in [6.07, 6.45) is 0.0802. The van der Waals surface area contributed by atoms with E-state index < -0.39 is 0 Å². The van der Waals surface area contributed by atoms with Crippen LogP contribution in [0.2, 0.25) is 0 Å². The fourth-order valence-electron chi connectivity index (χ4n) is 3.67. The van der Waals surface area contributed by atoms with Crippen molar-refractivity contribution in [1.82, 2.24) is 14.8 Å². The molecule has 0 spiro atoms. The maximum absolute atomic E-state index is 12.6. The maximum atomic E-state index is 12.6. The minimum atomic E-state index is -0.193. The molecule has 0 fully saturated rings. The lowest BCUT2D eigenvalue weighted by atomic mass is 10.1. The summed E-state index contributed by atoms with van der Waals surface area (Å²) in [6.45, 7) is 5.05. The second-order valence-corrected chi connectivity index (χ2v) is 8.63. The van der Waals surface area contributed by atoms with Gasteiger partial charge in [0.2, 0.25) is 11.8 Å². The molecule has 0 unspecified atom stereocenters. The Morgan fingerprint density at radius 3 is 2.46 bits per heavy atom. The smallest absolute Gasteiger partial charge is 0.234 e. The minimum Gasteiger partial charge on any atom is -0.494 e. The number of hydrogen-bond donors (Lipinski definition) is 2. The van der Waals surface area contributed by atoms with Crippen LogP contribution >= 0.6 is 11.8 Å². The quantitative estimate of drug-likeness (QED) is 0.312. The highest BCUT2D eigenvalue weighted by Gasteiger charge is 2.16. The molecule has 0 saturated carbocycles. The summed E-state index contributed by atoms with van der Waals surface area (Å²) in [5.41, 5.74) is 1.46. The predicted molar refractivity (Wildman–Crippen MR) is 139 cm³/mol. The van der Waals surface area contributed by atoms with Gasteiger partial charge >= 0.3 is 0 Å². The van der Waals surface area contributed by atoms with E-state index in [0.717, 1.165) is 22.2 Å². The number of aromatic nitrogens is 3. The zero-order chi connectivity index (χ0) is 24.6. The zero-order valence-corrected chi connectivity index (χ0v) is 20.5. The van der Waals surface area contributed by atoms with Crippen LogP contribution in [0.1, 0.15) is 19.7 Å². The van der Waals surface area contributed by atoms with Crippen LogP contribution in [0.4, 0.5) is 11.4 Å². The molecule has 180 valence electrons. The van der Waals surface area contributed by atoms with E-state index in [1.807, 2.05) is 73.0 Å². The molecule has 9 heteroatoms. The molecule has 0 radical (unpaired) electrons. The first-order valence-electron chi connectivity index (χ1n) is 11.4. The average molecular weight is 490 g/mol. The van der Waals surface area contributed by atoms with Gasteiger partial charge in [0.05, 0.1) is 18.8 Å². The number of nitrogens with one attached hydrogen (secondary N) is 2. The van der Waals surface area contributed by atoms with Crippen LogP contribution in [0.25, 0.3) is 10.8 Å². The van der Waals surface area contributed by atoms with Gasteiger partial charge in [0.15, 0.2) is 5.16 Å². The summed E-state index contributed by atoms with van der Waals surface area (Å²) in [5.74, 6) is 1.16. The highest BCUT2D eigenvalue weighted by Crippen LogP contribution is 2.24. The average Bonchev–Trinajstić information content (AvgIpc) is 3.25. The van der Waals surface area contributed by atoms with Crippen molar-refractivity contribution in [2.45, 2.75) is 32.0 Å². The number of rotatable bonds is 10. The monoisotopic (exact) mass is 489 g/mol. The molecule has 1 heterocycles. The largest absolute Gasteiger partial charge is 0.494 e. The van der Waals surface area contributed by atoms with Crippen molar-refractivity contribution in [1.29, 1.82) is 0 Å². The standard InChI is InChI=1S/C26H27N5O3S/c1-3-31-23(16-24(32)27-19-12-14-20(15-13-19)34-4-2)29-30-26(31)35-17-25(33)28-22-11-7-9-18-8-5-6-10-21(18)22/h5-15H,3-4,16-17H2,1-2H3,(H,27,32)(H,28,33). The van der Waals surface area contributed by atoms with Gasteiger partial charge in [-0.1, -0.05) is 48.2 Å². The fourth-order valence-corrected chi connectivity index (χ4v) is 4.50. The Morgan fingerprint density at radius 2 is 1.69 bits per heavy atom. The number of nitrogens with zero attached hydrogens (tertiary/aromatic N) is 3. The van der Waals surface area contributed by atoms with E-state index in [1.54, 1.807) is 12.1 Å². The van der Waals surface area contributed by atoms with Crippen LogP contribution in [0.5, 0.6) is 5.75 Å². The van der Waals surface area contributed by atoms with Crippen LogP contribution in [-0.2, 0) is 22.6 Å². The van der Waals surface area contributed by atoms with Crippen molar-refractivity contribution in [2.24, 2.45) is 0 Å². The van der Waals surface area contributed by atoms with Crippen LogP contribution in [-0.4, -0.2) is 38.9 Å². The van der Waals surface area contributed by atoms with Gasteiger partial charge in [-0.15, -0.1) is 10.2 Å². The fraction of sp³-hybridized carbons (Fsp3) is 0.231. The lowest BCUT2D eigenvalue weighted by Gasteiger charge is -2.10. The Balaban J connectivity index is 1.34. The molecule has 0 bridgehead atoms. The first kappa shape index (κ1) is 24.3. The number of amides is 2. The van der Waals surface area contributed by atoms with Crippen molar-refractivity contribution in [3.63, 3.8) is 0 Å². The minimum absolute atomic E-state index is 0.0802. The number of hydrogen-bond acceptors (Lipinski definition) is 6. The van der Waals surface area contributed by atoms with Crippen LogP contribution in [0.15, 0.2) is 71.9 Å². The third kappa shape index (κ3) is 6.19. The predicted octanol–water partition coefficient (Wildman–Crippen LogP) is 4.76. The SMILES string of the molecule is CCOc1ccc(NC(=O)Cc2nnc(SCC(=O)Nc3cccc4ccccc34)n2CC)cc1. The Kier molecular flexibility index (Phi) is 7.99. The number of anilines is 2. The van der Waals surface area contributed by atoms with Crippen molar-refractivity contribution < 1.29 is 14.3 Å². The summed E-state index contributed by atoms with van der Waals surface area (Å²) in [6, 6.07) is 20.9. The first-order valence-corrected chi connectivity index (χ1v) is 12.4. The van der Waals surface area contributed by atoms with Gasteiger partial charge in [-0.25, -0.2) is 0 Å². The van der Waals surface area contributed by atoms with E-state index in [0.29, 0.717) is 29.8 Å². The molecule has 0 atom stereocenters. The molecular weight excluding hydrogens is 462 g/mol.